The van der Waals surface area contributed by atoms with Crippen molar-refractivity contribution in [2.45, 2.75) is 45.4 Å². The molecule has 0 aromatic carbocycles. The van der Waals surface area contributed by atoms with E-state index in [2.05, 4.69) is 30.9 Å². The summed E-state index contributed by atoms with van der Waals surface area (Å²) in [6.07, 6.45) is 4.75. The second-order valence-electron chi connectivity index (χ2n) is 5.22. The SMILES string of the molecule is CCCc1cc(CCl)cc(N2CCC(CC)C2)n1. The molecule has 1 aliphatic rings. The van der Waals surface area contributed by atoms with Crippen LogP contribution in [0.25, 0.3) is 0 Å². The van der Waals surface area contributed by atoms with E-state index in [1.54, 1.807) is 0 Å². The highest BCUT2D eigenvalue weighted by atomic mass is 35.5. The fourth-order valence-electron chi connectivity index (χ4n) is 2.63. The van der Waals surface area contributed by atoms with Crippen LogP contribution in [0.5, 0.6) is 0 Å². The third-order valence-corrected chi connectivity index (χ3v) is 4.08. The van der Waals surface area contributed by atoms with Gasteiger partial charge < -0.3 is 4.90 Å². The summed E-state index contributed by atoms with van der Waals surface area (Å²) in [4.78, 5) is 7.21. The fraction of sp³-hybridized carbons (Fsp3) is 0.667. The molecule has 1 aromatic rings. The van der Waals surface area contributed by atoms with Gasteiger partial charge >= 0.3 is 0 Å². The van der Waals surface area contributed by atoms with Crippen LogP contribution in [-0.2, 0) is 12.3 Å². The maximum Gasteiger partial charge on any atom is 0.129 e. The van der Waals surface area contributed by atoms with Crippen molar-refractivity contribution in [1.29, 1.82) is 0 Å². The zero-order chi connectivity index (χ0) is 13.0. The van der Waals surface area contributed by atoms with E-state index in [-0.39, 0.29) is 0 Å². The Morgan fingerprint density at radius 3 is 2.83 bits per heavy atom. The van der Waals surface area contributed by atoms with E-state index in [1.165, 1.54) is 24.1 Å². The van der Waals surface area contributed by atoms with Crippen LogP contribution in [0.2, 0.25) is 0 Å². The predicted molar refractivity (Wildman–Crippen MR) is 78.4 cm³/mol. The van der Waals surface area contributed by atoms with Crippen LogP contribution in [0.1, 0.15) is 44.4 Å². The molecule has 1 atom stereocenters. The molecule has 1 saturated heterocycles. The molecule has 0 saturated carbocycles. The quantitative estimate of drug-likeness (QED) is 0.749. The topological polar surface area (TPSA) is 16.1 Å². The number of pyridine rings is 1. The van der Waals surface area contributed by atoms with Gasteiger partial charge in [0.15, 0.2) is 0 Å². The number of hydrogen-bond donors (Lipinski definition) is 0. The molecule has 0 N–H and O–H groups in total. The van der Waals surface area contributed by atoms with E-state index in [9.17, 15) is 0 Å². The highest BCUT2D eigenvalue weighted by Gasteiger charge is 2.22. The average Bonchev–Trinajstić information content (AvgIpc) is 2.87. The summed E-state index contributed by atoms with van der Waals surface area (Å²) in [5, 5.41) is 0. The first kappa shape index (κ1) is 13.7. The minimum absolute atomic E-state index is 0.581. The smallest absolute Gasteiger partial charge is 0.129 e. The molecular weight excluding hydrogens is 244 g/mol. The van der Waals surface area contributed by atoms with Crippen molar-refractivity contribution in [3.05, 3.63) is 23.4 Å². The first-order valence-electron chi connectivity index (χ1n) is 7.07. The number of nitrogens with zero attached hydrogens (tertiary/aromatic N) is 2. The van der Waals surface area contributed by atoms with Gasteiger partial charge in [0.05, 0.1) is 0 Å². The van der Waals surface area contributed by atoms with E-state index in [4.69, 9.17) is 16.6 Å². The summed E-state index contributed by atoms with van der Waals surface area (Å²) in [5.41, 5.74) is 2.38. The van der Waals surface area contributed by atoms with Gasteiger partial charge in [0.2, 0.25) is 0 Å². The number of rotatable bonds is 5. The molecule has 0 aliphatic carbocycles. The molecule has 0 radical (unpaired) electrons. The van der Waals surface area contributed by atoms with Crippen molar-refractivity contribution in [3.8, 4) is 0 Å². The summed E-state index contributed by atoms with van der Waals surface area (Å²) in [5.74, 6) is 2.55. The monoisotopic (exact) mass is 266 g/mol. The van der Waals surface area contributed by atoms with Crippen LogP contribution in [0.15, 0.2) is 12.1 Å². The Morgan fingerprint density at radius 2 is 2.22 bits per heavy atom. The fourth-order valence-corrected chi connectivity index (χ4v) is 2.78. The first-order chi connectivity index (χ1) is 8.76. The molecule has 1 aromatic heterocycles. The van der Waals surface area contributed by atoms with Crippen molar-refractivity contribution < 1.29 is 0 Å². The summed E-state index contributed by atoms with van der Waals surface area (Å²) >= 11 is 5.99. The van der Waals surface area contributed by atoms with Crippen LogP contribution in [0.4, 0.5) is 5.82 Å². The second kappa shape index (κ2) is 6.42. The molecule has 0 amide bonds. The van der Waals surface area contributed by atoms with E-state index < -0.39 is 0 Å². The summed E-state index contributed by atoms with van der Waals surface area (Å²) in [6, 6.07) is 4.30. The molecule has 0 spiro atoms. The first-order valence-corrected chi connectivity index (χ1v) is 7.61. The van der Waals surface area contributed by atoms with Gasteiger partial charge in [-0.2, -0.15) is 0 Å². The number of aromatic nitrogens is 1. The highest BCUT2D eigenvalue weighted by molar-refractivity contribution is 6.17. The van der Waals surface area contributed by atoms with E-state index in [0.29, 0.717) is 5.88 Å². The number of anilines is 1. The normalized spacial score (nSPS) is 19.5. The standard InChI is InChI=1S/C15H23ClN2/c1-3-5-14-8-13(10-16)9-15(17-14)18-7-6-12(4-2)11-18/h8-9,12H,3-7,10-11H2,1-2H3. The lowest BCUT2D eigenvalue weighted by Gasteiger charge is -2.19. The molecule has 2 rings (SSSR count). The Morgan fingerprint density at radius 1 is 1.39 bits per heavy atom. The maximum absolute atomic E-state index is 5.99. The van der Waals surface area contributed by atoms with E-state index in [0.717, 1.165) is 37.7 Å². The molecule has 1 aliphatic heterocycles. The van der Waals surface area contributed by atoms with E-state index in [1.807, 2.05) is 0 Å². The maximum atomic E-state index is 5.99. The van der Waals surface area contributed by atoms with E-state index >= 15 is 0 Å². The Kier molecular flexibility index (Phi) is 4.87. The van der Waals surface area contributed by atoms with Crippen molar-refractivity contribution >= 4 is 17.4 Å². The number of aryl methyl sites for hydroxylation is 1. The zero-order valence-electron chi connectivity index (χ0n) is 11.5. The van der Waals surface area contributed by atoms with Crippen LogP contribution >= 0.6 is 11.6 Å². The average molecular weight is 267 g/mol. The summed E-state index contributed by atoms with van der Waals surface area (Å²) in [6.45, 7) is 6.76. The van der Waals surface area contributed by atoms with Gasteiger partial charge in [-0.25, -0.2) is 4.98 Å². The molecule has 1 fully saturated rings. The number of alkyl halides is 1. The molecule has 2 nitrogen and oxygen atoms in total. The largest absolute Gasteiger partial charge is 0.356 e. The van der Waals surface area contributed by atoms with Crippen molar-refractivity contribution in [3.63, 3.8) is 0 Å². The Hall–Kier alpha value is -0.760. The van der Waals surface area contributed by atoms with Gasteiger partial charge in [0.1, 0.15) is 5.82 Å². The summed E-state index contributed by atoms with van der Waals surface area (Å²) < 4.78 is 0. The molecule has 1 unspecified atom stereocenters. The second-order valence-corrected chi connectivity index (χ2v) is 5.48. The van der Waals surface area contributed by atoms with Gasteiger partial charge in [-0.05, 0) is 36.5 Å². The van der Waals surface area contributed by atoms with Gasteiger partial charge in [-0.15, -0.1) is 11.6 Å². The number of hydrogen-bond acceptors (Lipinski definition) is 2. The predicted octanol–water partition coefficient (Wildman–Crippen LogP) is 4.01. The van der Waals surface area contributed by atoms with Crippen LogP contribution < -0.4 is 4.90 Å². The van der Waals surface area contributed by atoms with Crippen molar-refractivity contribution in [1.82, 2.24) is 4.98 Å². The van der Waals surface area contributed by atoms with Crippen LogP contribution in [-0.4, -0.2) is 18.1 Å². The molecule has 100 valence electrons. The van der Waals surface area contributed by atoms with Crippen molar-refractivity contribution in [2.75, 3.05) is 18.0 Å². The highest BCUT2D eigenvalue weighted by Crippen LogP contribution is 2.25. The molecular formula is C15H23ClN2. The third-order valence-electron chi connectivity index (χ3n) is 3.77. The Balaban J connectivity index is 2.18. The zero-order valence-corrected chi connectivity index (χ0v) is 12.2. The molecule has 0 bridgehead atoms. The Bertz CT molecular complexity index is 392. The Labute approximate surface area is 115 Å². The third kappa shape index (κ3) is 3.17. The van der Waals surface area contributed by atoms with Crippen LogP contribution in [0.3, 0.4) is 0 Å². The van der Waals surface area contributed by atoms with Crippen LogP contribution in [0, 0.1) is 5.92 Å². The minimum Gasteiger partial charge on any atom is -0.356 e. The lowest BCUT2D eigenvalue weighted by Crippen LogP contribution is -2.21. The van der Waals surface area contributed by atoms with Gasteiger partial charge in [0, 0.05) is 24.7 Å². The van der Waals surface area contributed by atoms with Crippen molar-refractivity contribution in [2.24, 2.45) is 5.92 Å². The number of halogens is 1. The van der Waals surface area contributed by atoms with Gasteiger partial charge in [0.25, 0.3) is 0 Å². The molecule has 18 heavy (non-hydrogen) atoms. The lowest BCUT2D eigenvalue weighted by molar-refractivity contribution is 0.568. The van der Waals surface area contributed by atoms with Gasteiger partial charge in [-0.1, -0.05) is 26.7 Å². The summed E-state index contributed by atoms with van der Waals surface area (Å²) in [7, 11) is 0. The lowest BCUT2D eigenvalue weighted by atomic mass is 10.1. The molecule has 3 heteroatoms. The molecule has 2 heterocycles. The van der Waals surface area contributed by atoms with Gasteiger partial charge in [-0.3, -0.25) is 0 Å². The minimum atomic E-state index is 0.581.